The zero-order valence-corrected chi connectivity index (χ0v) is 17.3. The van der Waals surface area contributed by atoms with Crippen LogP contribution in [0, 0.1) is 6.92 Å². The number of aryl methyl sites for hydroxylation is 1. The van der Waals surface area contributed by atoms with E-state index in [-0.39, 0.29) is 10.7 Å². The van der Waals surface area contributed by atoms with Crippen molar-refractivity contribution in [3.05, 3.63) is 71.9 Å². The molecule has 0 aliphatic rings. The minimum atomic E-state index is -3.82. The van der Waals surface area contributed by atoms with Gasteiger partial charge in [-0.3, -0.25) is 9.52 Å². The van der Waals surface area contributed by atoms with Gasteiger partial charge >= 0.3 is 0 Å². The van der Waals surface area contributed by atoms with Gasteiger partial charge in [0.2, 0.25) is 0 Å². The SMILES string of the molecule is CC(=O)c1cccc(S(=O)(=O)Nc2ccc(-c3nc4cccnc4s3)cc2C)c1. The number of hydrogen-bond acceptors (Lipinski definition) is 6. The summed E-state index contributed by atoms with van der Waals surface area (Å²) >= 11 is 1.49. The first-order chi connectivity index (χ1) is 13.8. The van der Waals surface area contributed by atoms with Crippen LogP contribution in [-0.2, 0) is 10.0 Å². The summed E-state index contributed by atoms with van der Waals surface area (Å²) in [5, 5.41) is 0.824. The van der Waals surface area contributed by atoms with Gasteiger partial charge in [-0.1, -0.05) is 23.5 Å². The maximum atomic E-state index is 12.8. The maximum absolute atomic E-state index is 12.8. The molecule has 2 aromatic carbocycles. The molecule has 4 aromatic rings. The second-order valence-electron chi connectivity index (χ2n) is 6.57. The summed E-state index contributed by atoms with van der Waals surface area (Å²) < 4.78 is 28.1. The highest BCUT2D eigenvalue weighted by Gasteiger charge is 2.17. The van der Waals surface area contributed by atoms with E-state index in [0.29, 0.717) is 11.3 Å². The molecule has 0 fully saturated rings. The topological polar surface area (TPSA) is 89.0 Å². The largest absolute Gasteiger partial charge is 0.295 e. The number of anilines is 1. The van der Waals surface area contributed by atoms with Crippen LogP contribution in [0.2, 0.25) is 0 Å². The van der Waals surface area contributed by atoms with Gasteiger partial charge in [0.25, 0.3) is 10.0 Å². The molecule has 0 saturated heterocycles. The average molecular weight is 424 g/mol. The Morgan fingerprint density at radius 2 is 1.90 bits per heavy atom. The van der Waals surface area contributed by atoms with Crippen molar-refractivity contribution in [1.82, 2.24) is 9.97 Å². The average Bonchev–Trinajstić information content (AvgIpc) is 3.14. The first-order valence-electron chi connectivity index (χ1n) is 8.80. The highest BCUT2D eigenvalue weighted by atomic mass is 32.2. The summed E-state index contributed by atoms with van der Waals surface area (Å²) in [6, 6.07) is 15.2. The maximum Gasteiger partial charge on any atom is 0.261 e. The third-order valence-electron chi connectivity index (χ3n) is 4.43. The molecule has 0 bridgehead atoms. The molecule has 1 N–H and O–H groups in total. The van der Waals surface area contributed by atoms with Crippen LogP contribution in [0.15, 0.2) is 65.7 Å². The van der Waals surface area contributed by atoms with Crippen LogP contribution >= 0.6 is 11.3 Å². The van der Waals surface area contributed by atoms with Gasteiger partial charge in [0.1, 0.15) is 15.4 Å². The molecule has 0 radical (unpaired) electrons. The fourth-order valence-electron chi connectivity index (χ4n) is 2.89. The van der Waals surface area contributed by atoms with E-state index in [4.69, 9.17) is 0 Å². The van der Waals surface area contributed by atoms with Crippen molar-refractivity contribution in [1.29, 1.82) is 0 Å². The summed E-state index contributed by atoms with van der Waals surface area (Å²) in [5.41, 5.74) is 3.32. The first-order valence-corrected chi connectivity index (χ1v) is 11.1. The number of benzene rings is 2. The molecule has 0 aliphatic carbocycles. The Labute approximate surface area is 172 Å². The molecule has 146 valence electrons. The van der Waals surface area contributed by atoms with Gasteiger partial charge in [0.15, 0.2) is 5.78 Å². The van der Waals surface area contributed by atoms with Crippen molar-refractivity contribution in [2.24, 2.45) is 0 Å². The lowest BCUT2D eigenvalue weighted by atomic mass is 10.1. The Bertz CT molecular complexity index is 1310. The van der Waals surface area contributed by atoms with Crippen LogP contribution < -0.4 is 4.72 Å². The predicted octanol–water partition coefficient (Wildman–Crippen LogP) is 4.67. The lowest BCUT2D eigenvalue weighted by molar-refractivity contribution is 0.101. The number of Topliss-reactive ketones (excluding diaryl/α,β-unsaturated/α-hetero) is 1. The minimum absolute atomic E-state index is 0.0472. The lowest BCUT2D eigenvalue weighted by Crippen LogP contribution is -2.14. The fraction of sp³-hybridized carbons (Fsp3) is 0.0952. The van der Waals surface area contributed by atoms with Crippen molar-refractivity contribution in [3.63, 3.8) is 0 Å². The summed E-state index contributed by atoms with van der Waals surface area (Å²) in [4.78, 5) is 21.3. The summed E-state index contributed by atoms with van der Waals surface area (Å²) in [6.07, 6.45) is 1.73. The molecular formula is C21H17N3O3S2. The van der Waals surface area contributed by atoms with Crippen LogP contribution in [0.25, 0.3) is 20.9 Å². The van der Waals surface area contributed by atoms with Gasteiger partial charge in [-0.15, -0.1) is 0 Å². The molecule has 6 nitrogen and oxygen atoms in total. The van der Waals surface area contributed by atoms with Gasteiger partial charge in [-0.2, -0.15) is 0 Å². The van der Waals surface area contributed by atoms with E-state index in [9.17, 15) is 13.2 Å². The van der Waals surface area contributed by atoms with Crippen LogP contribution in [0.5, 0.6) is 0 Å². The monoisotopic (exact) mass is 423 g/mol. The Kier molecular flexibility index (Phi) is 4.89. The van der Waals surface area contributed by atoms with Gasteiger partial charge in [0, 0.05) is 17.3 Å². The Balaban J connectivity index is 1.64. The molecule has 0 atom stereocenters. The normalized spacial score (nSPS) is 11.5. The predicted molar refractivity (Wildman–Crippen MR) is 115 cm³/mol. The molecule has 0 unspecified atom stereocenters. The number of fused-ring (bicyclic) bond motifs is 1. The smallest absolute Gasteiger partial charge is 0.261 e. The summed E-state index contributed by atoms with van der Waals surface area (Å²) in [6.45, 7) is 3.23. The summed E-state index contributed by atoms with van der Waals surface area (Å²) in [7, 11) is -3.82. The minimum Gasteiger partial charge on any atom is -0.295 e. The number of nitrogens with zero attached hydrogens (tertiary/aromatic N) is 2. The standard InChI is InChI=1S/C21H17N3O3S2/c1-13-11-16(20-23-19-7-4-10-22-21(19)28-20)8-9-18(13)24-29(26,27)17-6-3-5-15(12-17)14(2)25/h3-12,24H,1-2H3. The molecule has 29 heavy (non-hydrogen) atoms. The fourth-order valence-corrected chi connectivity index (χ4v) is 4.97. The second-order valence-corrected chi connectivity index (χ2v) is 9.23. The van der Waals surface area contributed by atoms with Crippen molar-refractivity contribution in [2.45, 2.75) is 18.7 Å². The molecular weight excluding hydrogens is 406 g/mol. The van der Waals surface area contributed by atoms with Gasteiger partial charge < -0.3 is 0 Å². The Morgan fingerprint density at radius 3 is 2.62 bits per heavy atom. The van der Waals surface area contributed by atoms with E-state index in [2.05, 4.69) is 14.7 Å². The van der Waals surface area contributed by atoms with E-state index in [1.807, 2.05) is 31.2 Å². The second kappa shape index (κ2) is 7.38. The van der Waals surface area contributed by atoms with E-state index in [1.54, 1.807) is 24.4 Å². The highest BCUT2D eigenvalue weighted by molar-refractivity contribution is 7.92. The number of carbonyl (C=O) groups is 1. The zero-order valence-electron chi connectivity index (χ0n) is 15.7. The number of hydrogen-bond donors (Lipinski definition) is 1. The number of aromatic nitrogens is 2. The van der Waals surface area contributed by atoms with Crippen molar-refractivity contribution < 1.29 is 13.2 Å². The van der Waals surface area contributed by atoms with Gasteiger partial charge in [0.05, 0.1) is 10.6 Å². The molecule has 2 heterocycles. The number of thiazole rings is 1. The van der Waals surface area contributed by atoms with Gasteiger partial charge in [-0.25, -0.2) is 18.4 Å². The Morgan fingerprint density at radius 1 is 1.07 bits per heavy atom. The van der Waals surface area contributed by atoms with Crippen LogP contribution in [0.1, 0.15) is 22.8 Å². The number of nitrogens with one attached hydrogen (secondary N) is 1. The van der Waals surface area contributed by atoms with Crippen molar-refractivity contribution in [3.8, 4) is 10.6 Å². The quantitative estimate of drug-likeness (QED) is 0.471. The third kappa shape index (κ3) is 3.90. The lowest BCUT2D eigenvalue weighted by Gasteiger charge is -2.12. The Hall–Kier alpha value is -3.10. The molecule has 0 aliphatic heterocycles. The number of sulfonamides is 1. The number of carbonyl (C=O) groups excluding carboxylic acids is 1. The molecule has 0 spiro atoms. The molecule has 4 rings (SSSR count). The molecule has 0 amide bonds. The van der Waals surface area contributed by atoms with Crippen LogP contribution in [0.4, 0.5) is 5.69 Å². The molecule has 2 aromatic heterocycles. The number of rotatable bonds is 5. The van der Waals surface area contributed by atoms with Crippen LogP contribution in [-0.4, -0.2) is 24.2 Å². The van der Waals surface area contributed by atoms with E-state index >= 15 is 0 Å². The van der Waals surface area contributed by atoms with E-state index in [1.165, 1.54) is 30.4 Å². The van der Waals surface area contributed by atoms with E-state index in [0.717, 1.165) is 26.5 Å². The molecule has 0 saturated carbocycles. The zero-order chi connectivity index (χ0) is 20.6. The summed E-state index contributed by atoms with van der Waals surface area (Å²) in [5.74, 6) is -0.187. The third-order valence-corrected chi connectivity index (χ3v) is 6.83. The van der Waals surface area contributed by atoms with Crippen molar-refractivity contribution >= 4 is 43.2 Å². The number of pyridine rings is 1. The molecule has 8 heteroatoms. The van der Waals surface area contributed by atoms with Crippen LogP contribution in [0.3, 0.4) is 0 Å². The first kappa shape index (κ1) is 19.2. The van der Waals surface area contributed by atoms with E-state index < -0.39 is 10.0 Å². The van der Waals surface area contributed by atoms with Gasteiger partial charge in [-0.05, 0) is 61.9 Å². The highest BCUT2D eigenvalue weighted by Crippen LogP contribution is 2.31. The number of ketones is 1. The van der Waals surface area contributed by atoms with Crippen molar-refractivity contribution in [2.75, 3.05) is 4.72 Å².